The van der Waals surface area contributed by atoms with Gasteiger partial charge in [0.05, 0.1) is 11.8 Å². The lowest BCUT2D eigenvalue weighted by Gasteiger charge is -2.12. The van der Waals surface area contributed by atoms with Crippen LogP contribution in [0.3, 0.4) is 0 Å². The quantitative estimate of drug-likeness (QED) is 0.709. The number of H-pyrrole nitrogens is 1. The fourth-order valence-electron chi connectivity index (χ4n) is 2.39. The second-order valence-corrected chi connectivity index (χ2v) is 5.91. The van der Waals surface area contributed by atoms with E-state index in [1.807, 2.05) is 0 Å². The SMILES string of the molecule is CC(CNC(=O)c1cn2cc[nH]c(=O)c2n1)Cn1cc(C(F)(F)F)cn1. The molecule has 0 aliphatic carbocycles. The zero-order valence-corrected chi connectivity index (χ0v) is 13.6. The van der Waals surface area contributed by atoms with Gasteiger partial charge in [-0.15, -0.1) is 0 Å². The first-order valence-corrected chi connectivity index (χ1v) is 7.68. The molecular weight excluding hydrogens is 353 g/mol. The summed E-state index contributed by atoms with van der Waals surface area (Å²) in [6, 6.07) is 0. The van der Waals surface area contributed by atoms with Gasteiger partial charge in [-0.05, 0) is 5.92 Å². The van der Waals surface area contributed by atoms with Crippen molar-refractivity contribution in [3.05, 3.63) is 52.6 Å². The van der Waals surface area contributed by atoms with Crippen LogP contribution in [-0.2, 0) is 12.7 Å². The zero-order chi connectivity index (χ0) is 18.9. The van der Waals surface area contributed by atoms with Crippen molar-refractivity contribution in [3.63, 3.8) is 0 Å². The number of nitrogens with zero attached hydrogens (tertiary/aromatic N) is 4. The number of imidazole rings is 1. The van der Waals surface area contributed by atoms with Crippen molar-refractivity contribution in [2.45, 2.75) is 19.6 Å². The fourth-order valence-corrected chi connectivity index (χ4v) is 2.39. The lowest BCUT2D eigenvalue weighted by Crippen LogP contribution is -2.30. The minimum Gasteiger partial charge on any atom is -0.350 e. The molecule has 3 rings (SSSR count). The molecule has 3 heterocycles. The third-order valence-corrected chi connectivity index (χ3v) is 3.69. The minimum atomic E-state index is -4.43. The molecule has 0 fully saturated rings. The molecule has 0 aliphatic rings. The third-order valence-electron chi connectivity index (χ3n) is 3.69. The van der Waals surface area contributed by atoms with Crippen molar-refractivity contribution in [2.24, 2.45) is 5.92 Å². The Labute approximate surface area is 144 Å². The van der Waals surface area contributed by atoms with E-state index in [0.717, 1.165) is 12.4 Å². The number of hydrogen-bond acceptors (Lipinski definition) is 4. The van der Waals surface area contributed by atoms with Crippen molar-refractivity contribution in [3.8, 4) is 0 Å². The number of alkyl halides is 3. The van der Waals surface area contributed by atoms with Gasteiger partial charge >= 0.3 is 6.18 Å². The molecule has 3 aromatic rings. The van der Waals surface area contributed by atoms with Crippen LogP contribution in [0.4, 0.5) is 13.2 Å². The normalized spacial score (nSPS) is 13.1. The van der Waals surface area contributed by atoms with E-state index in [2.05, 4.69) is 20.4 Å². The van der Waals surface area contributed by atoms with Crippen molar-refractivity contribution in [1.82, 2.24) is 29.5 Å². The van der Waals surface area contributed by atoms with Crippen LogP contribution in [-0.4, -0.2) is 36.6 Å². The van der Waals surface area contributed by atoms with E-state index in [4.69, 9.17) is 0 Å². The molecule has 11 heteroatoms. The van der Waals surface area contributed by atoms with Gasteiger partial charge < -0.3 is 14.7 Å². The molecule has 1 unspecified atom stereocenters. The molecule has 0 spiro atoms. The zero-order valence-electron chi connectivity index (χ0n) is 13.6. The topological polar surface area (TPSA) is 97.1 Å². The Morgan fingerprint density at radius 3 is 2.81 bits per heavy atom. The van der Waals surface area contributed by atoms with Gasteiger partial charge in [0.1, 0.15) is 5.69 Å². The number of carbonyl (C=O) groups excluding carboxylic acids is 1. The number of aromatic nitrogens is 5. The van der Waals surface area contributed by atoms with Crippen LogP contribution in [0, 0.1) is 5.92 Å². The lowest BCUT2D eigenvalue weighted by atomic mass is 10.2. The molecule has 0 aromatic carbocycles. The average Bonchev–Trinajstić information content (AvgIpc) is 3.19. The van der Waals surface area contributed by atoms with Gasteiger partial charge in [0.25, 0.3) is 11.5 Å². The molecule has 138 valence electrons. The average molecular weight is 368 g/mol. The highest BCUT2D eigenvalue weighted by Gasteiger charge is 2.32. The lowest BCUT2D eigenvalue weighted by molar-refractivity contribution is -0.137. The number of rotatable bonds is 5. The van der Waals surface area contributed by atoms with E-state index in [9.17, 15) is 22.8 Å². The molecule has 0 saturated heterocycles. The highest BCUT2D eigenvalue weighted by atomic mass is 19.4. The monoisotopic (exact) mass is 368 g/mol. The van der Waals surface area contributed by atoms with E-state index in [1.165, 1.54) is 21.5 Å². The number of amides is 1. The number of aromatic amines is 1. The minimum absolute atomic E-state index is 0.0762. The van der Waals surface area contributed by atoms with Crippen LogP contribution in [0.25, 0.3) is 5.65 Å². The summed E-state index contributed by atoms with van der Waals surface area (Å²) in [5.41, 5.74) is -1.06. The smallest absolute Gasteiger partial charge is 0.350 e. The fraction of sp³-hybridized carbons (Fsp3) is 0.333. The largest absolute Gasteiger partial charge is 0.419 e. The Kier molecular flexibility index (Phi) is 4.53. The Bertz CT molecular complexity index is 987. The summed E-state index contributed by atoms with van der Waals surface area (Å²) < 4.78 is 40.3. The Hall–Kier alpha value is -3.11. The van der Waals surface area contributed by atoms with Gasteiger partial charge in [-0.1, -0.05) is 6.92 Å². The maximum atomic E-state index is 12.6. The summed E-state index contributed by atoms with van der Waals surface area (Å²) in [6.45, 7) is 2.19. The highest BCUT2D eigenvalue weighted by Crippen LogP contribution is 2.28. The summed E-state index contributed by atoms with van der Waals surface area (Å²) in [6.07, 6.45) is 1.66. The van der Waals surface area contributed by atoms with Crippen molar-refractivity contribution in [2.75, 3.05) is 6.54 Å². The van der Waals surface area contributed by atoms with E-state index in [-0.39, 0.29) is 30.3 Å². The van der Waals surface area contributed by atoms with Gasteiger partial charge in [0.2, 0.25) is 5.65 Å². The maximum Gasteiger partial charge on any atom is 0.419 e. The number of carbonyl (C=O) groups is 1. The van der Waals surface area contributed by atoms with Crippen LogP contribution in [0.2, 0.25) is 0 Å². The van der Waals surface area contributed by atoms with Crippen LogP contribution in [0.15, 0.2) is 35.8 Å². The number of nitrogens with one attached hydrogen (secondary N) is 2. The summed E-state index contributed by atoms with van der Waals surface area (Å²) >= 11 is 0. The van der Waals surface area contributed by atoms with E-state index in [1.54, 1.807) is 13.1 Å². The summed E-state index contributed by atoms with van der Waals surface area (Å²) in [5.74, 6) is -0.642. The molecule has 0 saturated carbocycles. The van der Waals surface area contributed by atoms with Crippen molar-refractivity contribution < 1.29 is 18.0 Å². The van der Waals surface area contributed by atoms with Crippen LogP contribution in [0.5, 0.6) is 0 Å². The maximum absolute atomic E-state index is 12.6. The van der Waals surface area contributed by atoms with Crippen LogP contribution in [0.1, 0.15) is 23.0 Å². The molecule has 0 radical (unpaired) electrons. The second kappa shape index (κ2) is 6.65. The summed E-state index contributed by atoms with van der Waals surface area (Å²) in [4.78, 5) is 30.2. The first-order valence-electron chi connectivity index (χ1n) is 7.68. The Morgan fingerprint density at radius 2 is 2.15 bits per heavy atom. The van der Waals surface area contributed by atoms with E-state index in [0.29, 0.717) is 0 Å². The van der Waals surface area contributed by atoms with E-state index >= 15 is 0 Å². The highest BCUT2D eigenvalue weighted by molar-refractivity contribution is 5.92. The Morgan fingerprint density at radius 1 is 1.38 bits per heavy atom. The van der Waals surface area contributed by atoms with Gasteiger partial charge in [-0.3, -0.25) is 14.3 Å². The molecule has 1 amide bonds. The molecule has 1 atom stereocenters. The molecule has 0 bridgehead atoms. The van der Waals surface area contributed by atoms with Crippen molar-refractivity contribution in [1.29, 1.82) is 0 Å². The predicted molar refractivity (Wildman–Crippen MR) is 84.5 cm³/mol. The Balaban J connectivity index is 1.59. The predicted octanol–water partition coefficient (Wildman–Crippen LogP) is 1.30. The third kappa shape index (κ3) is 3.76. The number of halogens is 3. The van der Waals surface area contributed by atoms with Gasteiger partial charge in [-0.25, -0.2) is 4.98 Å². The van der Waals surface area contributed by atoms with E-state index < -0.39 is 23.2 Å². The molecule has 2 N–H and O–H groups in total. The molecular formula is C15H15F3N6O2. The van der Waals surface area contributed by atoms with Crippen LogP contribution < -0.4 is 10.9 Å². The molecule has 26 heavy (non-hydrogen) atoms. The van der Waals surface area contributed by atoms with Crippen molar-refractivity contribution >= 4 is 11.6 Å². The molecule has 8 nitrogen and oxygen atoms in total. The molecule has 3 aromatic heterocycles. The van der Waals surface area contributed by atoms with Gasteiger partial charge in [-0.2, -0.15) is 18.3 Å². The van der Waals surface area contributed by atoms with Gasteiger partial charge in [0, 0.05) is 37.9 Å². The van der Waals surface area contributed by atoms with Crippen LogP contribution >= 0.6 is 0 Å². The first-order chi connectivity index (χ1) is 12.2. The summed E-state index contributed by atoms with van der Waals surface area (Å²) in [5, 5.41) is 6.32. The van der Waals surface area contributed by atoms with Gasteiger partial charge in [0.15, 0.2) is 0 Å². The standard InChI is InChI=1S/C15H15F3N6O2/c1-9(6-24-7-10(5-21-24)15(16,17)18)4-20-13(25)11-8-23-3-2-19-14(26)12(23)22-11/h2-3,5,7-9H,4,6H2,1H3,(H,19,26)(H,20,25). The second-order valence-electron chi connectivity index (χ2n) is 5.91. The first kappa shape index (κ1) is 17.7. The number of hydrogen-bond donors (Lipinski definition) is 2. The molecule has 0 aliphatic heterocycles. The number of fused-ring (bicyclic) bond motifs is 1. The summed E-state index contributed by atoms with van der Waals surface area (Å²) in [7, 11) is 0.